The minimum Gasteiger partial charge on any atom is -0.497 e. The molecule has 7 nitrogen and oxygen atoms in total. The van der Waals surface area contributed by atoms with E-state index in [-0.39, 0.29) is 5.69 Å². The second kappa shape index (κ2) is 5.88. The Morgan fingerprint density at radius 3 is 2.57 bits per heavy atom. The number of ether oxygens (including phenoxy) is 1. The van der Waals surface area contributed by atoms with Crippen molar-refractivity contribution in [1.82, 2.24) is 19.5 Å². The van der Waals surface area contributed by atoms with Crippen molar-refractivity contribution in [2.45, 2.75) is 6.92 Å². The average Bonchev–Trinajstić information content (AvgIpc) is 3.05. The summed E-state index contributed by atoms with van der Waals surface area (Å²) in [7, 11) is 1.61. The van der Waals surface area contributed by atoms with E-state index in [2.05, 4.69) is 15.0 Å². The SMILES string of the molecule is COc1ccc(-c2nc(C)cc(-n3cnc(C(=O)O)c3)n2)cc1. The zero-order chi connectivity index (χ0) is 16.4. The summed E-state index contributed by atoms with van der Waals surface area (Å²) in [4.78, 5) is 23.7. The van der Waals surface area contributed by atoms with Gasteiger partial charge in [0.15, 0.2) is 11.5 Å². The summed E-state index contributed by atoms with van der Waals surface area (Å²) in [6.45, 7) is 1.85. The van der Waals surface area contributed by atoms with Crippen LogP contribution in [0.1, 0.15) is 16.2 Å². The largest absolute Gasteiger partial charge is 0.497 e. The van der Waals surface area contributed by atoms with E-state index in [4.69, 9.17) is 9.84 Å². The minimum absolute atomic E-state index is 0.0349. The lowest BCUT2D eigenvalue weighted by molar-refractivity contribution is 0.0691. The van der Waals surface area contributed by atoms with Crippen LogP contribution in [-0.2, 0) is 0 Å². The lowest BCUT2D eigenvalue weighted by atomic mass is 10.2. The fraction of sp³-hybridized carbons (Fsp3) is 0.125. The lowest BCUT2D eigenvalue weighted by Crippen LogP contribution is -2.01. The van der Waals surface area contributed by atoms with E-state index in [0.717, 1.165) is 17.0 Å². The minimum atomic E-state index is -1.08. The van der Waals surface area contributed by atoms with Gasteiger partial charge in [-0.3, -0.25) is 4.57 Å². The maximum atomic E-state index is 10.9. The van der Waals surface area contributed by atoms with Crippen molar-refractivity contribution in [2.24, 2.45) is 0 Å². The lowest BCUT2D eigenvalue weighted by Gasteiger charge is -2.07. The Morgan fingerprint density at radius 2 is 1.96 bits per heavy atom. The van der Waals surface area contributed by atoms with Crippen molar-refractivity contribution in [2.75, 3.05) is 7.11 Å². The smallest absolute Gasteiger partial charge is 0.356 e. The quantitative estimate of drug-likeness (QED) is 0.795. The number of imidazole rings is 1. The van der Waals surface area contributed by atoms with Crippen molar-refractivity contribution in [3.8, 4) is 23.0 Å². The molecule has 2 heterocycles. The molecule has 0 aliphatic heterocycles. The molecule has 0 radical (unpaired) electrons. The monoisotopic (exact) mass is 310 g/mol. The van der Waals surface area contributed by atoms with Crippen molar-refractivity contribution in [3.05, 3.63) is 54.2 Å². The number of carboxylic acid groups (broad SMARTS) is 1. The van der Waals surface area contributed by atoms with Gasteiger partial charge in [-0.05, 0) is 31.2 Å². The third-order valence-corrected chi connectivity index (χ3v) is 3.26. The molecule has 23 heavy (non-hydrogen) atoms. The third kappa shape index (κ3) is 3.03. The van der Waals surface area contributed by atoms with Crippen LogP contribution in [0.2, 0.25) is 0 Å². The van der Waals surface area contributed by atoms with E-state index in [1.165, 1.54) is 12.5 Å². The number of aromatic carboxylic acids is 1. The Morgan fingerprint density at radius 1 is 1.22 bits per heavy atom. The van der Waals surface area contributed by atoms with Gasteiger partial charge in [0.05, 0.1) is 7.11 Å². The van der Waals surface area contributed by atoms with E-state index in [1.807, 2.05) is 31.2 Å². The number of methoxy groups -OCH3 is 1. The van der Waals surface area contributed by atoms with Gasteiger partial charge < -0.3 is 9.84 Å². The van der Waals surface area contributed by atoms with Gasteiger partial charge in [-0.15, -0.1) is 0 Å². The molecular weight excluding hydrogens is 296 g/mol. The summed E-state index contributed by atoms with van der Waals surface area (Å²) in [5, 5.41) is 8.96. The number of rotatable bonds is 4. The molecule has 0 unspecified atom stereocenters. The second-order valence-electron chi connectivity index (χ2n) is 4.89. The molecule has 0 saturated carbocycles. The first kappa shape index (κ1) is 14.7. The first-order valence-corrected chi connectivity index (χ1v) is 6.84. The molecule has 0 amide bonds. The fourth-order valence-electron chi connectivity index (χ4n) is 2.11. The van der Waals surface area contributed by atoms with Crippen LogP contribution in [0.3, 0.4) is 0 Å². The van der Waals surface area contributed by atoms with Crippen molar-refractivity contribution >= 4 is 5.97 Å². The van der Waals surface area contributed by atoms with Gasteiger partial charge in [0.1, 0.15) is 17.9 Å². The van der Waals surface area contributed by atoms with Crippen LogP contribution in [0.15, 0.2) is 42.9 Å². The van der Waals surface area contributed by atoms with Crippen molar-refractivity contribution < 1.29 is 14.6 Å². The van der Waals surface area contributed by atoms with Crippen LogP contribution >= 0.6 is 0 Å². The van der Waals surface area contributed by atoms with E-state index >= 15 is 0 Å². The highest BCUT2D eigenvalue weighted by Crippen LogP contribution is 2.21. The Bertz CT molecular complexity index is 856. The molecule has 3 aromatic rings. The van der Waals surface area contributed by atoms with Crippen LogP contribution in [0.4, 0.5) is 0 Å². The number of aromatic nitrogens is 4. The zero-order valence-electron chi connectivity index (χ0n) is 12.6. The summed E-state index contributed by atoms with van der Waals surface area (Å²) < 4.78 is 6.70. The Labute approximate surface area is 132 Å². The normalized spacial score (nSPS) is 10.5. The molecule has 1 aromatic carbocycles. The number of carbonyl (C=O) groups is 1. The van der Waals surface area contributed by atoms with E-state index < -0.39 is 5.97 Å². The van der Waals surface area contributed by atoms with Gasteiger partial charge in [-0.25, -0.2) is 19.7 Å². The third-order valence-electron chi connectivity index (χ3n) is 3.26. The summed E-state index contributed by atoms with van der Waals surface area (Å²) in [6.07, 6.45) is 2.84. The molecule has 2 aromatic heterocycles. The van der Waals surface area contributed by atoms with Crippen molar-refractivity contribution in [1.29, 1.82) is 0 Å². The first-order valence-electron chi connectivity index (χ1n) is 6.84. The van der Waals surface area contributed by atoms with Gasteiger partial charge in [0.2, 0.25) is 0 Å². The number of benzene rings is 1. The predicted octanol–water partition coefficient (Wildman–Crippen LogP) is 2.34. The number of hydrogen-bond donors (Lipinski definition) is 1. The first-order chi connectivity index (χ1) is 11.1. The summed E-state index contributed by atoms with van der Waals surface area (Å²) in [5.41, 5.74) is 1.58. The van der Waals surface area contributed by atoms with Crippen LogP contribution < -0.4 is 4.74 Å². The van der Waals surface area contributed by atoms with E-state index in [9.17, 15) is 4.79 Å². The molecule has 0 spiro atoms. The Hall–Kier alpha value is -3.22. The van der Waals surface area contributed by atoms with Crippen LogP contribution in [0.25, 0.3) is 17.2 Å². The van der Waals surface area contributed by atoms with E-state index in [0.29, 0.717) is 11.6 Å². The molecule has 0 aliphatic rings. The van der Waals surface area contributed by atoms with Crippen LogP contribution in [-0.4, -0.2) is 37.7 Å². The van der Waals surface area contributed by atoms with Crippen molar-refractivity contribution in [3.63, 3.8) is 0 Å². The maximum absolute atomic E-state index is 10.9. The van der Waals surface area contributed by atoms with Gasteiger partial charge in [-0.1, -0.05) is 0 Å². The molecule has 0 aliphatic carbocycles. The highest BCUT2D eigenvalue weighted by atomic mass is 16.5. The number of carboxylic acids is 1. The van der Waals surface area contributed by atoms with Gasteiger partial charge in [-0.2, -0.15) is 0 Å². The molecule has 0 atom stereocenters. The molecule has 116 valence electrons. The molecule has 3 rings (SSSR count). The highest BCUT2D eigenvalue weighted by Gasteiger charge is 2.11. The number of hydrogen-bond acceptors (Lipinski definition) is 5. The topological polar surface area (TPSA) is 90.1 Å². The molecule has 0 saturated heterocycles. The number of aryl methyl sites for hydroxylation is 1. The average molecular weight is 310 g/mol. The highest BCUT2D eigenvalue weighted by molar-refractivity contribution is 5.85. The maximum Gasteiger partial charge on any atom is 0.356 e. The zero-order valence-corrected chi connectivity index (χ0v) is 12.6. The van der Waals surface area contributed by atoms with Crippen LogP contribution in [0.5, 0.6) is 5.75 Å². The van der Waals surface area contributed by atoms with Gasteiger partial charge in [0.25, 0.3) is 0 Å². The number of nitrogens with zero attached hydrogens (tertiary/aromatic N) is 4. The predicted molar refractivity (Wildman–Crippen MR) is 82.8 cm³/mol. The van der Waals surface area contributed by atoms with Crippen LogP contribution in [0, 0.1) is 6.92 Å². The molecular formula is C16H14N4O3. The Balaban J connectivity index is 2.02. The molecule has 1 N–H and O–H groups in total. The Kier molecular flexibility index (Phi) is 3.76. The molecule has 0 fully saturated rings. The molecule has 0 bridgehead atoms. The second-order valence-corrected chi connectivity index (χ2v) is 4.89. The summed E-state index contributed by atoms with van der Waals surface area (Å²) in [5.74, 6) is 0.781. The van der Waals surface area contributed by atoms with Gasteiger partial charge in [0, 0.05) is 23.5 Å². The van der Waals surface area contributed by atoms with Gasteiger partial charge >= 0.3 is 5.97 Å². The standard InChI is InChI=1S/C16H14N4O3/c1-10-7-14(20-8-13(16(21)22)17-9-20)19-15(18-10)11-3-5-12(23-2)6-4-11/h3-9H,1-2H3,(H,21,22). The summed E-state index contributed by atoms with van der Waals surface area (Å²) >= 11 is 0. The van der Waals surface area contributed by atoms with E-state index in [1.54, 1.807) is 17.7 Å². The fourth-order valence-corrected chi connectivity index (χ4v) is 2.11. The summed E-state index contributed by atoms with van der Waals surface area (Å²) in [6, 6.07) is 9.17. The molecule has 7 heteroatoms.